The highest BCUT2D eigenvalue weighted by atomic mass is 35.5. The summed E-state index contributed by atoms with van der Waals surface area (Å²) in [5.41, 5.74) is 1.21. The predicted molar refractivity (Wildman–Crippen MR) is 107 cm³/mol. The molecule has 4 rings (SSSR count). The smallest absolute Gasteiger partial charge is 0.277 e. The third-order valence-electron chi connectivity index (χ3n) is 4.89. The lowest BCUT2D eigenvalue weighted by atomic mass is 10.0. The van der Waals surface area contributed by atoms with Gasteiger partial charge in [0.05, 0.1) is 10.6 Å². The summed E-state index contributed by atoms with van der Waals surface area (Å²) in [6.07, 6.45) is 3.40. The van der Waals surface area contributed by atoms with Crippen molar-refractivity contribution in [1.82, 2.24) is 19.8 Å². The Morgan fingerprint density at radius 3 is 2.21 bits per heavy atom. The molecule has 0 unspecified atom stereocenters. The zero-order chi connectivity index (χ0) is 19.8. The molecule has 0 saturated carbocycles. The summed E-state index contributed by atoms with van der Waals surface area (Å²) in [4.78, 5) is 39.3. The second-order valence-electron chi connectivity index (χ2n) is 6.54. The molecule has 0 radical (unpaired) electrons. The van der Waals surface area contributed by atoms with E-state index in [0.29, 0.717) is 59.0 Å². The summed E-state index contributed by atoms with van der Waals surface area (Å²) in [6, 6.07) is 6.68. The Hall–Kier alpha value is -2.64. The van der Waals surface area contributed by atoms with Gasteiger partial charge in [-0.25, -0.2) is 9.97 Å². The van der Waals surface area contributed by atoms with Gasteiger partial charge in [-0.2, -0.15) is 0 Å². The highest BCUT2D eigenvalue weighted by molar-refractivity contribution is 6.41. The van der Waals surface area contributed by atoms with Crippen molar-refractivity contribution in [2.24, 2.45) is 0 Å². The quantitative estimate of drug-likeness (QED) is 0.713. The number of carbonyl (C=O) groups is 2. The monoisotopic (exact) mass is 417 g/mol. The first-order valence-electron chi connectivity index (χ1n) is 8.76. The van der Waals surface area contributed by atoms with Crippen molar-refractivity contribution in [3.05, 3.63) is 58.0 Å². The van der Waals surface area contributed by atoms with Crippen LogP contribution in [0.25, 0.3) is 5.57 Å². The van der Waals surface area contributed by atoms with E-state index in [4.69, 9.17) is 23.2 Å². The predicted octanol–water partition coefficient (Wildman–Crippen LogP) is 2.32. The number of likely N-dealkylation sites (N-methyl/N-ethyl adjacent to an activating group) is 1. The maximum atomic E-state index is 12.8. The van der Waals surface area contributed by atoms with E-state index >= 15 is 0 Å². The fourth-order valence-electron chi connectivity index (χ4n) is 3.44. The number of hydrogen-bond donors (Lipinski definition) is 0. The summed E-state index contributed by atoms with van der Waals surface area (Å²) in [5, 5.41) is 0.810. The van der Waals surface area contributed by atoms with Crippen molar-refractivity contribution in [3.63, 3.8) is 0 Å². The lowest BCUT2D eigenvalue weighted by molar-refractivity contribution is -0.135. The second-order valence-corrected chi connectivity index (χ2v) is 7.38. The second kappa shape index (κ2) is 7.41. The van der Waals surface area contributed by atoms with Gasteiger partial charge in [0.15, 0.2) is 0 Å². The largest absolute Gasteiger partial charge is 0.363 e. The molecule has 0 aliphatic carbocycles. The van der Waals surface area contributed by atoms with Crippen LogP contribution >= 0.6 is 23.2 Å². The van der Waals surface area contributed by atoms with E-state index in [1.807, 2.05) is 4.90 Å². The van der Waals surface area contributed by atoms with Gasteiger partial charge in [0.2, 0.25) is 5.95 Å². The highest BCUT2D eigenvalue weighted by Crippen LogP contribution is 2.36. The van der Waals surface area contributed by atoms with Gasteiger partial charge in [-0.1, -0.05) is 29.3 Å². The van der Waals surface area contributed by atoms with E-state index in [1.54, 1.807) is 36.7 Å². The van der Waals surface area contributed by atoms with E-state index in [1.165, 1.54) is 7.05 Å². The van der Waals surface area contributed by atoms with E-state index < -0.39 is 0 Å². The van der Waals surface area contributed by atoms with Crippen molar-refractivity contribution >= 4 is 46.5 Å². The SMILES string of the molecule is CN1C(=O)C(c2ccc(Cl)cc2Cl)=C(N2CCN(c3ncccn3)CC2)C1=O. The molecular formula is C19H17Cl2N5O2. The fraction of sp³-hybridized carbons (Fsp3) is 0.263. The molecule has 0 spiro atoms. The van der Waals surface area contributed by atoms with Gasteiger partial charge in [-0.3, -0.25) is 14.5 Å². The number of imide groups is 1. The number of nitrogens with zero attached hydrogens (tertiary/aromatic N) is 5. The highest BCUT2D eigenvalue weighted by Gasteiger charge is 2.41. The van der Waals surface area contributed by atoms with E-state index in [2.05, 4.69) is 14.9 Å². The van der Waals surface area contributed by atoms with Crippen molar-refractivity contribution in [2.45, 2.75) is 0 Å². The number of aromatic nitrogens is 2. The summed E-state index contributed by atoms with van der Waals surface area (Å²) >= 11 is 12.3. The first-order valence-corrected chi connectivity index (χ1v) is 9.52. The van der Waals surface area contributed by atoms with E-state index in [0.717, 1.165) is 4.90 Å². The average molecular weight is 418 g/mol. The summed E-state index contributed by atoms with van der Waals surface area (Å²) in [6.45, 7) is 2.41. The van der Waals surface area contributed by atoms with Crippen LogP contribution in [0.5, 0.6) is 0 Å². The zero-order valence-electron chi connectivity index (χ0n) is 15.1. The number of hydrogen-bond acceptors (Lipinski definition) is 6. The minimum absolute atomic E-state index is 0.318. The lowest BCUT2D eigenvalue weighted by Gasteiger charge is -2.36. The molecule has 0 bridgehead atoms. The molecule has 1 saturated heterocycles. The maximum absolute atomic E-state index is 12.8. The number of rotatable bonds is 3. The first-order chi connectivity index (χ1) is 13.5. The van der Waals surface area contributed by atoms with Crippen LogP contribution in [0.4, 0.5) is 5.95 Å². The zero-order valence-corrected chi connectivity index (χ0v) is 16.6. The van der Waals surface area contributed by atoms with Gasteiger partial charge in [-0.05, 0) is 18.2 Å². The van der Waals surface area contributed by atoms with Crippen LogP contribution in [0.1, 0.15) is 5.56 Å². The first kappa shape index (κ1) is 18.7. The van der Waals surface area contributed by atoms with Gasteiger partial charge in [0.25, 0.3) is 11.8 Å². The van der Waals surface area contributed by atoms with Gasteiger partial charge in [0.1, 0.15) is 5.70 Å². The van der Waals surface area contributed by atoms with Gasteiger partial charge in [-0.15, -0.1) is 0 Å². The molecule has 9 heteroatoms. The molecule has 28 heavy (non-hydrogen) atoms. The lowest BCUT2D eigenvalue weighted by Crippen LogP contribution is -2.48. The molecule has 2 aromatic rings. The molecule has 7 nitrogen and oxygen atoms in total. The summed E-state index contributed by atoms with van der Waals surface area (Å²) in [7, 11) is 1.48. The number of anilines is 1. The Kier molecular flexibility index (Phi) is 4.95. The van der Waals surface area contributed by atoms with Gasteiger partial charge >= 0.3 is 0 Å². The third kappa shape index (κ3) is 3.21. The molecular weight excluding hydrogens is 401 g/mol. The topological polar surface area (TPSA) is 69.6 Å². The number of piperazine rings is 1. The number of amides is 2. The maximum Gasteiger partial charge on any atom is 0.277 e. The third-order valence-corrected chi connectivity index (χ3v) is 5.44. The van der Waals surface area contributed by atoms with Crippen LogP contribution in [0.15, 0.2) is 42.4 Å². The van der Waals surface area contributed by atoms with Gasteiger partial charge in [0, 0.05) is 56.2 Å². The molecule has 3 heterocycles. The number of halogens is 2. The van der Waals surface area contributed by atoms with Crippen LogP contribution < -0.4 is 4.90 Å². The summed E-state index contributed by atoms with van der Waals surface area (Å²) < 4.78 is 0. The molecule has 144 valence electrons. The Morgan fingerprint density at radius 1 is 0.929 bits per heavy atom. The van der Waals surface area contributed by atoms with E-state index in [9.17, 15) is 9.59 Å². The Morgan fingerprint density at radius 2 is 1.57 bits per heavy atom. The normalized spacial score (nSPS) is 17.8. The fourth-order valence-corrected chi connectivity index (χ4v) is 3.94. The van der Waals surface area contributed by atoms with Crippen molar-refractivity contribution in [1.29, 1.82) is 0 Å². The number of benzene rings is 1. The Balaban J connectivity index is 1.66. The van der Waals surface area contributed by atoms with Crippen LogP contribution in [-0.2, 0) is 9.59 Å². The molecule has 1 aromatic carbocycles. The van der Waals surface area contributed by atoms with E-state index in [-0.39, 0.29) is 11.8 Å². The standard InChI is InChI=1S/C19H17Cl2N5O2/c1-24-17(27)15(13-4-3-12(20)11-14(13)21)16(18(24)28)25-7-9-26(10-8-25)19-22-5-2-6-23-19/h2-6,11H,7-10H2,1H3. The van der Waals surface area contributed by atoms with Crippen molar-refractivity contribution in [3.8, 4) is 0 Å². The minimum atomic E-state index is -0.363. The van der Waals surface area contributed by atoms with Crippen LogP contribution in [-0.4, -0.2) is 64.8 Å². The van der Waals surface area contributed by atoms with Gasteiger partial charge < -0.3 is 9.80 Å². The molecule has 1 aromatic heterocycles. The average Bonchev–Trinajstić information content (AvgIpc) is 2.93. The Bertz CT molecular complexity index is 972. The minimum Gasteiger partial charge on any atom is -0.363 e. The van der Waals surface area contributed by atoms with Crippen LogP contribution in [0.2, 0.25) is 10.0 Å². The molecule has 2 aliphatic heterocycles. The summed E-state index contributed by atoms with van der Waals surface area (Å²) in [5.74, 6) is -0.0310. The molecule has 1 fully saturated rings. The van der Waals surface area contributed by atoms with Crippen molar-refractivity contribution < 1.29 is 9.59 Å². The van der Waals surface area contributed by atoms with Crippen LogP contribution in [0, 0.1) is 0 Å². The van der Waals surface area contributed by atoms with Crippen molar-refractivity contribution in [2.75, 3.05) is 38.1 Å². The molecule has 0 atom stereocenters. The number of carbonyl (C=O) groups excluding carboxylic acids is 2. The van der Waals surface area contributed by atoms with Crippen LogP contribution in [0.3, 0.4) is 0 Å². The molecule has 0 N–H and O–H groups in total. The Labute approximate surface area is 172 Å². The molecule has 2 amide bonds. The molecule has 2 aliphatic rings.